The lowest BCUT2D eigenvalue weighted by atomic mass is 9.90. The second-order valence-corrected chi connectivity index (χ2v) is 8.16. The number of carbonyl (C=O) groups is 1. The van der Waals surface area contributed by atoms with Crippen molar-refractivity contribution in [3.05, 3.63) is 40.4 Å². The van der Waals surface area contributed by atoms with Crippen LogP contribution in [0.1, 0.15) is 34.6 Å². The Kier molecular flexibility index (Phi) is 6.17. The molecule has 1 aromatic rings. The molecule has 0 spiro atoms. The molecule has 1 amide bonds. The third-order valence-corrected chi connectivity index (χ3v) is 4.81. The summed E-state index contributed by atoms with van der Waals surface area (Å²) in [5.74, 6) is 1.12. The number of rotatable bonds is 4. The summed E-state index contributed by atoms with van der Waals surface area (Å²) >= 11 is 12.1. The first-order valence-corrected chi connectivity index (χ1v) is 9.17. The maximum absolute atomic E-state index is 12.6. The number of hydrogen-bond donors (Lipinski definition) is 1. The van der Waals surface area contributed by atoms with Gasteiger partial charge in [0.1, 0.15) is 5.84 Å². The van der Waals surface area contributed by atoms with E-state index in [2.05, 4.69) is 24.3 Å². The molecule has 0 bridgehead atoms. The molecule has 1 aliphatic rings. The van der Waals surface area contributed by atoms with Gasteiger partial charge in [0.05, 0.1) is 27.7 Å². The molecule has 0 radical (unpaired) electrons. The Labute approximate surface area is 159 Å². The number of amidine groups is 1. The monoisotopic (exact) mass is 381 g/mol. The molecule has 0 saturated heterocycles. The van der Waals surface area contributed by atoms with E-state index >= 15 is 0 Å². The zero-order valence-corrected chi connectivity index (χ0v) is 16.8. The second kappa shape index (κ2) is 7.79. The quantitative estimate of drug-likeness (QED) is 0.735. The maximum Gasteiger partial charge on any atom is 0.234 e. The highest BCUT2D eigenvalue weighted by Crippen LogP contribution is 2.29. The Morgan fingerprint density at radius 3 is 2.64 bits per heavy atom. The van der Waals surface area contributed by atoms with Crippen molar-refractivity contribution in [2.45, 2.75) is 34.6 Å². The Hall–Kier alpha value is -1.52. The van der Waals surface area contributed by atoms with Crippen LogP contribution in [0.5, 0.6) is 0 Å². The number of nitrogens with one attached hydrogen (secondary N) is 1. The molecule has 2 rings (SSSR count). The molecule has 136 valence electrons. The molecule has 1 aromatic carbocycles. The van der Waals surface area contributed by atoms with Crippen LogP contribution >= 0.6 is 23.2 Å². The number of hydrazone groups is 1. The van der Waals surface area contributed by atoms with Crippen molar-refractivity contribution in [2.24, 2.45) is 22.4 Å². The van der Waals surface area contributed by atoms with Gasteiger partial charge in [0.25, 0.3) is 0 Å². The van der Waals surface area contributed by atoms with Gasteiger partial charge < -0.3 is 5.32 Å². The minimum atomic E-state index is -0.594. The van der Waals surface area contributed by atoms with E-state index in [-0.39, 0.29) is 11.8 Å². The highest BCUT2D eigenvalue weighted by molar-refractivity contribution is 6.42. The molecule has 0 unspecified atom stereocenters. The van der Waals surface area contributed by atoms with Gasteiger partial charge in [-0.2, -0.15) is 5.10 Å². The fourth-order valence-electron chi connectivity index (χ4n) is 2.36. The van der Waals surface area contributed by atoms with E-state index < -0.39 is 5.41 Å². The van der Waals surface area contributed by atoms with Crippen molar-refractivity contribution in [1.82, 2.24) is 5.32 Å². The van der Waals surface area contributed by atoms with Crippen LogP contribution in [-0.4, -0.2) is 18.3 Å². The first-order chi connectivity index (χ1) is 11.6. The molecule has 0 fully saturated rings. The average molecular weight is 382 g/mol. The van der Waals surface area contributed by atoms with E-state index in [0.717, 1.165) is 5.69 Å². The summed E-state index contributed by atoms with van der Waals surface area (Å²) in [5.41, 5.74) is 0.258. The predicted octanol–water partition coefficient (Wildman–Crippen LogP) is 5.12. The van der Waals surface area contributed by atoms with Gasteiger partial charge in [0, 0.05) is 5.92 Å². The first-order valence-electron chi connectivity index (χ1n) is 8.42. The highest BCUT2D eigenvalue weighted by atomic mass is 35.5. The number of hydrogen-bond acceptors (Lipinski definition) is 3. The van der Waals surface area contributed by atoms with Crippen molar-refractivity contribution >= 4 is 40.6 Å². The fraction of sp³-hybridized carbons (Fsp3) is 0.474. The Balaban J connectivity index is 2.13. The molecule has 6 heteroatoms. The van der Waals surface area contributed by atoms with Crippen LogP contribution in [0.25, 0.3) is 0 Å². The van der Waals surface area contributed by atoms with Crippen molar-refractivity contribution in [1.29, 1.82) is 0 Å². The van der Waals surface area contributed by atoms with Gasteiger partial charge in [0.15, 0.2) is 0 Å². The molecular weight excluding hydrogens is 357 g/mol. The van der Waals surface area contributed by atoms with Crippen LogP contribution in [0, 0.1) is 17.3 Å². The largest absolute Gasteiger partial charge is 0.312 e. The molecule has 1 aliphatic heterocycles. The summed E-state index contributed by atoms with van der Waals surface area (Å²) in [6.07, 6.45) is 3.99. The Morgan fingerprint density at radius 1 is 1.36 bits per heavy atom. The smallest absolute Gasteiger partial charge is 0.234 e. The van der Waals surface area contributed by atoms with Crippen molar-refractivity contribution in [3.63, 3.8) is 0 Å². The summed E-state index contributed by atoms with van der Waals surface area (Å²) in [7, 11) is 0. The van der Waals surface area contributed by atoms with E-state index in [9.17, 15) is 4.79 Å². The molecule has 0 aromatic heterocycles. The summed E-state index contributed by atoms with van der Waals surface area (Å²) in [6.45, 7) is 10.7. The van der Waals surface area contributed by atoms with E-state index in [1.54, 1.807) is 12.1 Å². The van der Waals surface area contributed by atoms with E-state index in [0.29, 0.717) is 28.3 Å². The number of allylic oxidation sites excluding steroid dienone is 1. The molecular formula is C19H25Cl2N3O. The first kappa shape index (κ1) is 19.8. The summed E-state index contributed by atoms with van der Waals surface area (Å²) in [5, 5.41) is 10.4. The van der Waals surface area contributed by atoms with Crippen molar-refractivity contribution < 1.29 is 4.79 Å². The number of carbonyl (C=O) groups excluding carboxylic acids is 1. The third kappa shape index (κ3) is 4.99. The van der Waals surface area contributed by atoms with Gasteiger partial charge in [-0.15, -0.1) is 0 Å². The molecule has 4 nitrogen and oxygen atoms in total. The van der Waals surface area contributed by atoms with Gasteiger partial charge in [-0.1, -0.05) is 56.1 Å². The third-order valence-electron chi connectivity index (χ3n) is 4.07. The van der Waals surface area contributed by atoms with Crippen LogP contribution in [-0.2, 0) is 4.79 Å². The van der Waals surface area contributed by atoms with E-state index in [4.69, 9.17) is 23.2 Å². The van der Waals surface area contributed by atoms with Crippen LogP contribution in [0.4, 0.5) is 5.69 Å². The fourth-order valence-corrected chi connectivity index (χ4v) is 2.65. The number of amides is 1. The SMILES string of the molecule is CC(C)/C=C\C(C)(C)C(=O)NC1=NN(c2ccc(Cl)c(Cl)c2)C[C@@H]1C. The number of nitrogens with zero attached hydrogens (tertiary/aromatic N) is 2. The Morgan fingerprint density at radius 2 is 2.04 bits per heavy atom. The zero-order valence-electron chi connectivity index (χ0n) is 15.3. The molecule has 25 heavy (non-hydrogen) atoms. The minimum Gasteiger partial charge on any atom is -0.312 e. The van der Waals surface area contributed by atoms with Gasteiger partial charge in [-0.3, -0.25) is 9.80 Å². The topological polar surface area (TPSA) is 44.7 Å². The molecule has 0 aliphatic carbocycles. The maximum atomic E-state index is 12.6. The van der Waals surface area contributed by atoms with Crippen molar-refractivity contribution in [3.8, 4) is 0 Å². The molecule has 1 N–H and O–H groups in total. The highest BCUT2D eigenvalue weighted by Gasteiger charge is 2.30. The van der Waals surface area contributed by atoms with Crippen molar-refractivity contribution in [2.75, 3.05) is 11.6 Å². The standard InChI is InChI=1S/C19H25Cl2N3O/c1-12(2)8-9-19(4,5)18(25)22-17-13(3)11-24(23-17)14-6-7-15(20)16(21)10-14/h6-10,12-13H,11H2,1-5H3,(H,22,23,25)/b9-8-/t13-/m0/s1. The Bertz CT molecular complexity index is 711. The zero-order chi connectivity index (χ0) is 18.8. The van der Waals surface area contributed by atoms with Crippen LogP contribution in [0.3, 0.4) is 0 Å². The van der Waals surface area contributed by atoms with Gasteiger partial charge in [-0.25, -0.2) is 0 Å². The van der Waals surface area contributed by atoms with Crippen LogP contribution < -0.4 is 10.3 Å². The van der Waals surface area contributed by atoms with Gasteiger partial charge in [-0.05, 0) is 38.0 Å². The van der Waals surface area contributed by atoms with E-state index in [1.807, 2.05) is 44.0 Å². The molecule has 1 atom stereocenters. The lowest BCUT2D eigenvalue weighted by molar-refractivity contribution is -0.125. The second-order valence-electron chi connectivity index (χ2n) is 7.35. The lowest BCUT2D eigenvalue weighted by Crippen LogP contribution is -2.41. The average Bonchev–Trinajstić information content (AvgIpc) is 2.89. The summed E-state index contributed by atoms with van der Waals surface area (Å²) < 4.78 is 0. The normalized spacial score (nSPS) is 18.2. The van der Waals surface area contributed by atoms with Crippen LogP contribution in [0.15, 0.2) is 35.5 Å². The minimum absolute atomic E-state index is 0.0639. The number of anilines is 1. The van der Waals surface area contributed by atoms with E-state index in [1.165, 1.54) is 0 Å². The summed E-state index contributed by atoms with van der Waals surface area (Å²) in [4.78, 5) is 12.6. The van der Waals surface area contributed by atoms with Gasteiger partial charge >= 0.3 is 0 Å². The summed E-state index contributed by atoms with van der Waals surface area (Å²) in [6, 6.07) is 5.39. The van der Waals surface area contributed by atoms with Gasteiger partial charge in [0.2, 0.25) is 5.91 Å². The van der Waals surface area contributed by atoms with Crippen LogP contribution in [0.2, 0.25) is 10.0 Å². The number of halogens is 2. The lowest BCUT2D eigenvalue weighted by Gasteiger charge is -2.20. The number of benzene rings is 1. The molecule has 0 saturated carbocycles. The predicted molar refractivity (Wildman–Crippen MR) is 106 cm³/mol. The molecule has 1 heterocycles.